The lowest BCUT2D eigenvalue weighted by Gasteiger charge is -2.23. The van der Waals surface area contributed by atoms with Gasteiger partial charge in [-0.15, -0.1) is 0 Å². The average Bonchev–Trinajstić information content (AvgIpc) is 3.32. The van der Waals surface area contributed by atoms with Crippen molar-refractivity contribution in [3.8, 4) is 0 Å². The third kappa shape index (κ3) is 6.71. The molecule has 0 bridgehead atoms. The molecule has 4 rings (SSSR count). The molecule has 3 heterocycles. The van der Waals surface area contributed by atoms with Gasteiger partial charge in [-0.05, 0) is 42.9 Å². The van der Waals surface area contributed by atoms with Gasteiger partial charge in [0, 0.05) is 37.8 Å². The Labute approximate surface area is 216 Å². The summed E-state index contributed by atoms with van der Waals surface area (Å²) in [6, 6.07) is 7.48. The Bertz CT molecular complexity index is 1260. The van der Waals surface area contributed by atoms with Gasteiger partial charge in [-0.3, -0.25) is 9.59 Å². The summed E-state index contributed by atoms with van der Waals surface area (Å²) in [4.78, 5) is 33.6. The summed E-state index contributed by atoms with van der Waals surface area (Å²) in [6.45, 7) is 11.3. The maximum atomic E-state index is 12.6. The van der Waals surface area contributed by atoms with Crippen LogP contribution >= 0.6 is 0 Å². The quantitative estimate of drug-likeness (QED) is 0.340. The van der Waals surface area contributed by atoms with E-state index in [4.69, 9.17) is 14.7 Å². The van der Waals surface area contributed by atoms with E-state index < -0.39 is 6.04 Å². The molecule has 196 valence electrons. The number of nitrogens with one attached hydrogen (secondary N) is 3. The minimum absolute atomic E-state index is 0.0700. The number of anilines is 2. The zero-order valence-corrected chi connectivity index (χ0v) is 21.7. The fourth-order valence-electron chi connectivity index (χ4n) is 4.24. The van der Waals surface area contributed by atoms with Crippen LogP contribution < -0.4 is 16.0 Å². The van der Waals surface area contributed by atoms with Gasteiger partial charge >= 0.3 is 0 Å². The van der Waals surface area contributed by atoms with Gasteiger partial charge in [0.25, 0.3) is 0 Å². The molecule has 0 radical (unpaired) electrons. The number of fused-ring (bicyclic) bond motifs is 1. The van der Waals surface area contributed by atoms with Crippen LogP contribution in [-0.2, 0) is 27.3 Å². The Hall–Kier alpha value is -3.79. The third-order valence-corrected chi connectivity index (χ3v) is 6.42. The van der Waals surface area contributed by atoms with Crippen molar-refractivity contribution in [1.29, 1.82) is 0 Å². The number of benzene rings is 1. The van der Waals surface area contributed by atoms with E-state index in [9.17, 15) is 9.59 Å². The number of carbonyl (C=O) groups excluding carboxylic acids is 2. The number of ketones is 1. The van der Waals surface area contributed by atoms with Crippen molar-refractivity contribution in [2.75, 3.05) is 23.8 Å². The Morgan fingerprint density at radius 1 is 1.19 bits per heavy atom. The van der Waals surface area contributed by atoms with E-state index in [1.807, 2.05) is 30.5 Å². The second-order valence-electron chi connectivity index (χ2n) is 9.64. The molecule has 3 aromatic rings. The number of hydrogen-bond acceptors (Lipinski definition) is 8. The number of carbonyl (C=O) groups is 2. The summed E-state index contributed by atoms with van der Waals surface area (Å²) in [7, 11) is 0. The first kappa shape index (κ1) is 26.3. The second-order valence-corrected chi connectivity index (χ2v) is 9.64. The fraction of sp³-hybridized carbons (Fsp3) is 0.444. The number of amides is 1. The van der Waals surface area contributed by atoms with Crippen LogP contribution in [0.15, 0.2) is 43.1 Å². The molecule has 1 atom stereocenters. The summed E-state index contributed by atoms with van der Waals surface area (Å²) in [5.74, 6) is 0.997. The molecule has 1 amide bonds. The smallest absolute Gasteiger partial charge is 0.243 e. The Morgan fingerprint density at radius 3 is 2.68 bits per heavy atom. The van der Waals surface area contributed by atoms with E-state index in [1.165, 1.54) is 0 Å². The molecule has 1 fully saturated rings. The van der Waals surface area contributed by atoms with Crippen molar-refractivity contribution in [3.63, 3.8) is 0 Å². The van der Waals surface area contributed by atoms with E-state index >= 15 is 0 Å². The van der Waals surface area contributed by atoms with Crippen LogP contribution in [0.2, 0.25) is 0 Å². The minimum atomic E-state index is -0.585. The maximum absolute atomic E-state index is 12.6. The number of rotatable bonds is 11. The zero-order valence-electron chi connectivity index (χ0n) is 21.7. The number of Topliss-reactive ketones (excluding diaryl/α,β-unsaturated/α-hetero) is 1. The lowest BCUT2D eigenvalue weighted by molar-refractivity contribution is -0.124. The molecule has 0 saturated carbocycles. The average molecular weight is 506 g/mol. The normalized spacial score (nSPS) is 14.9. The van der Waals surface area contributed by atoms with Crippen molar-refractivity contribution in [2.45, 2.75) is 64.6 Å². The molecule has 0 spiro atoms. The first-order valence-electron chi connectivity index (χ1n) is 12.7. The first-order chi connectivity index (χ1) is 17.8. The highest BCUT2D eigenvalue weighted by Gasteiger charge is 2.19. The van der Waals surface area contributed by atoms with Gasteiger partial charge in [-0.25, -0.2) is 0 Å². The molecular weight excluding hydrogens is 470 g/mol. The van der Waals surface area contributed by atoms with E-state index in [-0.39, 0.29) is 30.1 Å². The summed E-state index contributed by atoms with van der Waals surface area (Å²) < 4.78 is 7.21. The lowest BCUT2D eigenvalue weighted by atomic mass is 10.0. The highest BCUT2D eigenvalue weighted by molar-refractivity contribution is 5.93. The molecule has 1 saturated heterocycles. The van der Waals surface area contributed by atoms with Gasteiger partial charge < -0.3 is 20.7 Å². The van der Waals surface area contributed by atoms with Gasteiger partial charge in [0.05, 0.1) is 12.2 Å². The van der Waals surface area contributed by atoms with Crippen molar-refractivity contribution in [2.24, 2.45) is 0 Å². The van der Waals surface area contributed by atoms with Crippen LogP contribution in [0.5, 0.6) is 0 Å². The molecule has 2 aromatic heterocycles. The van der Waals surface area contributed by atoms with Crippen molar-refractivity contribution in [1.82, 2.24) is 24.9 Å². The third-order valence-electron chi connectivity index (χ3n) is 6.42. The van der Waals surface area contributed by atoms with Gasteiger partial charge in [-0.2, -0.15) is 19.6 Å². The Balaban J connectivity index is 1.50. The van der Waals surface area contributed by atoms with Crippen molar-refractivity contribution in [3.05, 3.63) is 59.8 Å². The van der Waals surface area contributed by atoms with Gasteiger partial charge in [-0.1, -0.05) is 44.7 Å². The highest BCUT2D eigenvalue weighted by Crippen LogP contribution is 2.23. The predicted molar refractivity (Wildman–Crippen MR) is 143 cm³/mol. The van der Waals surface area contributed by atoms with Gasteiger partial charge in [0.1, 0.15) is 0 Å². The van der Waals surface area contributed by atoms with Crippen LogP contribution in [0, 0.1) is 0 Å². The van der Waals surface area contributed by atoms with Crippen LogP contribution in [0.4, 0.5) is 11.9 Å². The van der Waals surface area contributed by atoms with E-state index in [1.54, 1.807) is 11.4 Å². The summed E-state index contributed by atoms with van der Waals surface area (Å²) in [5, 5.41) is 14.0. The lowest BCUT2D eigenvalue weighted by Crippen LogP contribution is -2.38. The largest absolute Gasteiger partial charge is 0.381 e. The number of hydrogen-bond donors (Lipinski definition) is 3. The van der Waals surface area contributed by atoms with Crippen molar-refractivity contribution >= 4 is 29.2 Å². The highest BCUT2D eigenvalue weighted by atomic mass is 16.5. The summed E-state index contributed by atoms with van der Waals surface area (Å²) in [5.41, 5.74) is 3.70. The first-order valence-corrected chi connectivity index (χ1v) is 12.7. The minimum Gasteiger partial charge on any atom is -0.381 e. The van der Waals surface area contributed by atoms with E-state index in [0.717, 1.165) is 54.5 Å². The van der Waals surface area contributed by atoms with Gasteiger partial charge in [0.15, 0.2) is 11.4 Å². The monoisotopic (exact) mass is 505 g/mol. The number of ether oxygens (including phenoxy) is 1. The molecule has 10 nitrogen and oxygen atoms in total. The maximum Gasteiger partial charge on any atom is 0.243 e. The van der Waals surface area contributed by atoms with Crippen molar-refractivity contribution < 1.29 is 14.3 Å². The predicted octanol–water partition coefficient (Wildman–Crippen LogP) is 3.25. The topological polar surface area (TPSA) is 123 Å². The zero-order chi connectivity index (χ0) is 26.4. The number of nitrogens with zero attached hydrogens (tertiary/aromatic N) is 4. The molecule has 1 aliphatic heterocycles. The second kappa shape index (κ2) is 12.0. The fourth-order valence-corrected chi connectivity index (χ4v) is 4.24. The van der Waals surface area contributed by atoms with Crippen LogP contribution in [-0.4, -0.2) is 56.6 Å². The Morgan fingerprint density at radius 2 is 1.95 bits per heavy atom. The molecular formula is C27H35N7O3. The summed E-state index contributed by atoms with van der Waals surface area (Å²) >= 11 is 0. The molecule has 10 heteroatoms. The van der Waals surface area contributed by atoms with Crippen LogP contribution in [0.3, 0.4) is 0 Å². The van der Waals surface area contributed by atoms with E-state index in [0.29, 0.717) is 18.4 Å². The molecule has 37 heavy (non-hydrogen) atoms. The van der Waals surface area contributed by atoms with E-state index in [2.05, 4.69) is 41.5 Å². The summed E-state index contributed by atoms with van der Waals surface area (Å²) in [6.07, 6.45) is 5.05. The molecule has 1 unspecified atom stereocenters. The molecule has 0 aliphatic carbocycles. The number of aromatic nitrogens is 4. The molecule has 3 N–H and O–H groups in total. The van der Waals surface area contributed by atoms with Crippen LogP contribution in [0.1, 0.15) is 56.2 Å². The SMILES string of the molecule is C=CC(=O)NC(C)C(=O)Cc1cccc(CNc2nc(NC3CCOCC3)nc3c(C(C)C)cnn23)c1. The van der Waals surface area contributed by atoms with Crippen LogP contribution in [0.25, 0.3) is 5.65 Å². The Kier molecular flexibility index (Phi) is 8.50. The molecule has 1 aliphatic rings. The molecule has 1 aromatic carbocycles. The van der Waals surface area contributed by atoms with Gasteiger partial charge in [0.2, 0.25) is 17.8 Å². The standard InChI is InChI=1S/C27H35N7O3/c1-5-24(36)30-18(4)23(35)14-19-7-6-8-20(13-19)15-28-27-33-26(31-21-9-11-37-12-10-21)32-25-22(17(2)3)16-29-34(25)27/h5-8,13,16-18,21H,1,9-12,14-15H2,2-4H3,(H,30,36)(H2,28,31,32,33).